The molecule has 2 fully saturated rings. The molecule has 0 aromatic carbocycles. The zero-order valence-corrected chi connectivity index (χ0v) is 10.7. The van der Waals surface area contributed by atoms with Crippen molar-refractivity contribution in [2.75, 3.05) is 13.2 Å². The van der Waals surface area contributed by atoms with Crippen molar-refractivity contribution in [1.82, 2.24) is 10.2 Å². The molecule has 96 valence electrons. The number of ether oxygens (including phenoxy) is 1. The van der Waals surface area contributed by atoms with E-state index in [1.165, 1.54) is 0 Å². The van der Waals surface area contributed by atoms with Gasteiger partial charge in [0.2, 0.25) is 5.91 Å². The van der Waals surface area contributed by atoms with E-state index in [0.29, 0.717) is 13.2 Å². The summed E-state index contributed by atoms with van der Waals surface area (Å²) in [6.07, 6.45) is 1.67. The number of nitrogens with zero attached hydrogens (tertiary/aromatic N) is 1. The molecule has 0 radical (unpaired) electrons. The highest BCUT2D eigenvalue weighted by Gasteiger charge is 2.38. The van der Waals surface area contributed by atoms with Crippen LogP contribution >= 0.6 is 0 Å². The summed E-state index contributed by atoms with van der Waals surface area (Å²) >= 11 is 0. The third-order valence-electron chi connectivity index (χ3n) is 3.52. The minimum absolute atomic E-state index is 0.126. The smallest absolute Gasteiger partial charge is 0.324 e. The second-order valence-corrected chi connectivity index (χ2v) is 5.60. The molecule has 3 amide bonds. The lowest BCUT2D eigenvalue weighted by atomic mass is 9.92. The van der Waals surface area contributed by atoms with Gasteiger partial charge in [-0.2, -0.15) is 0 Å². The molecule has 2 atom stereocenters. The van der Waals surface area contributed by atoms with E-state index >= 15 is 0 Å². The largest absolute Gasteiger partial charge is 0.375 e. The number of carbonyl (C=O) groups is 2. The van der Waals surface area contributed by atoms with E-state index in [4.69, 9.17) is 4.74 Å². The van der Waals surface area contributed by atoms with Gasteiger partial charge in [-0.3, -0.25) is 10.1 Å². The van der Waals surface area contributed by atoms with Crippen LogP contribution in [0.4, 0.5) is 4.79 Å². The lowest BCUT2D eigenvalue weighted by Crippen LogP contribution is -2.59. The molecule has 0 saturated carbocycles. The number of carbonyl (C=O) groups excluding carboxylic acids is 2. The van der Waals surface area contributed by atoms with Crippen LogP contribution in [-0.2, 0) is 9.53 Å². The summed E-state index contributed by atoms with van der Waals surface area (Å²) < 4.78 is 5.64. The first kappa shape index (κ1) is 12.4. The summed E-state index contributed by atoms with van der Waals surface area (Å²) in [6.45, 7) is 7.11. The molecule has 0 aromatic heterocycles. The fourth-order valence-corrected chi connectivity index (χ4v) is 2.54. The Labute approximate surface area is 101 Å². The Balaban J connectivity index is 2.06. The molecule has 1 N–H and O–H groups in total. The van der Waals surface area contributed by atoms with Gasteiger partial charge in [-0.25, -0.2) is 4.79 Å². The van der Waals surface area contributed by atoms with Gasteiger partial charge in [-0.1, -0.05) is 6.92 Å². The lowest BCUT2D eigenvalue weighted by Gasteiger charge is -2.43. The summed E-state index contributed by atoms with van der Waals surface area (Å²) in [6, 6.07) is -0.0786. The summed E-state index contributed by atoms with van der Waals surface area (Å²) in [5.41, 5.74) is -0.187. The van der Waals surface area contributed by atoms with E-state index < -0.39 is 0 Å². The molecule has 2 aliphatic rings. The number of imide groups is 1. The van der Waals surface area contributed by atoms with Crippen LogP contribution in [0, 0.1) is 5.92 Å². The monoisotopic (exact) mass is 240 g/mol. The van der Waals surface area contributed by atoms with Crippen LogP contribution < -0.4 is 5.32 Å². The molecule has 2 unspecified atom stereocenters. The first-order valence-corrected chi connectivity index (χ1v) is 6.14. The summed E-state index contributed by atoms with van der Waals surface area (Å²) in [5, 5.41) is 2.41. The number of rotatable bonds is 1. The zero-order valence-electron chi connectivity index (χ0n) is 10.7. The van der Waals surface area contributed by atoms with Crippen molar-refractivity contribution < 1.29 is 14.3 Å². The normalized spacial score (nSPS) is 33.5. The Morgan fingerprint density at radius 1 is 1.41 bits per heavy atom. The lowest BCUT2D eigenvalue weighted by molar-refractivity contribution is -0.127. The minimum atomic E-state index is -0.254. The fourth-order valence-electron chi connectivity index (χ4n) is 2.54. The van der Waals surface area contributed by atoms with E-state index in [2.05, 4.69) is 5.32 Å². The highest BCUT2D eigenvalue weighted by atomic mass is 16.5. The third kappa shape index (κ3) is 2.60. The average molecular weight is 240 g/mol. The van der Waals surface area contributed by atoms with Gasteiger partial charge in [0.1, 0.15) is 0 Å². The number of hydrogen-bond donors (Lipinski definition) is 1. The molecular formula is C12H20N2O3. The van der Waals surface area contributed by atoms with E-state index in [0.717, 1.165) is 12.8 Å². The average Bonchev–Trinajstić information content (AvgIpc) is 2.22. The van der Waals surface area contributed by atoms with Crippen LogP contribution in [-0.4, -0.2) is 41.6 Å². The van der Waals surface area contributed by atoms with Gasteiger partial charge < -0.3 is 9.64 Å². The zero-order chi connectivity index (χ0) is 12.6. The molecule has 2 aliphatic heterocycles. The predicted octanol–water partition coefficient (Wildman–Crippen LogP) is 1.13. The minimum Gasteiger partial charge on any atom is -0.375 e. The molecule has 5 heteroatoms. The molecular weight excluding hydrogens is 220 g/mol. The van der Waals surface area contributed by atoms with Gasteiger partial charge in [0.25, 0.3) is 0 Å². The van der Waals surface area contributed by atoms with E-state index in [1.54, 1.807) is 4.90 Å². The van der Waals surface area contributed by atoms with Crippen LogP contribution in [0.3, 0.4) is 0 Å². The van der Waals surface area contributed by atoms with E-state index in [1.807, 2.05) is 20.8 Å². The fraction of sp³-hybridized carbons (Fsp3) is 0.833. The Morgan fingerprint density at radius 3 is 2.76 bits per heavy atom. The van der Waals surface area contributed by atoms with E-state index in [-0.39, 0.29) is 29.5 Å². The Kier molecular flexibility index (Phi) is 3.12. The van der Waals surface area contributed by atoms with Crippen molar-refractivity contribution in [3.63, 3.8) is 0 Å². The molecule has 0 spiro atoms. The van der Waals surface area contributed by atoms with Crippen molar-refractivity contribution in [3.05, 3.63) is 0 Å². The maximum Gasteiger partial charge on any atom is 0.324 e. The van der Waals surface area contributed by atoms with Crippen LogP contribution in [0.1, 0.15) is 33.6 Å². The molecule has 2 heterocycles. The highest BCUT2D eigenvalue weighted by molar-refractivity contribution is 5.97. The summed E-state index contributed by atoms with van der Waals surface area (Å²) in [5.74, 6) is -0.295. The predicted molar refractivity (Wildman–Crippen MR) is 62.5 cm³/mol. The Morgan fingerprint density at radius 2 is 2.12 bits per heavy atom. The van der Waals surface area contributed by atoms with Crippen molar-refractivity contribution in [1.29, 1.82) is 0 Å². The van der Waals surface area contributed by atoms with Crippen LogP contribution in [0.25, 0.3) is 0 Å². The summed E-state index contributed by atoms with van der Waals surface area (Å²) in [4.78, 5) is 25.0. The number of amides is 3. The second-order valence-electron chi connectivity index (χ2n) is 5.60. The van der Waals surface area contributed by atoms with Crippen LogP contribution in [0.2, 0.25) is 0 Å². The quantitative estimate of drug-likeness (QED) is 0.747. The highest BCUT2D eigenvalue weighted by Crippen LogP contribution is 2.28. The van der Waals surface area contributed by atoms with Gasteiger partial charge in [0.15, 0.2) is 0 Å². The second kappa shape index (κ2) is 4.29. The first-order valence-electron chi connectivity index (χ1n) is 6.14. The van der Waals surface area contributed by atoms with E-state index in [9.17, 15) is 9.59 Å². The molecule has 17 heavy (non-hydrogen) atoms. The molecule has 2 rings (SSSR count). The third-order valence-corrected chi connectivity index (χ3v) is 3.52. The van der Waals surface area contributed by atoms with Crippen LogP contribution in [0.15, 0.2) is 0 Å². The number of hydrogen-bond acceptors (Lipinski definition) is 3. The topological polar surface area (TPSA) is 58.6 Å². The van der Waals surface area contributed by atoms with Crippen molar-refractivity contribution >= 4 is 11.9 Å². The molecule has 2 saturated heterocycles. The van der Waals surface area contributed by atoms with Crippen LogP contribution in [0.5, 0.6) is 0 Å². The maximum absolute atomic E-state index is 11.8. The van der Waals surface area contributed by atoms with Gasteiger partial charge in [0, 0.05) is 19.2 Å². The Bertz CT molecular complexity index is 341. The van der Waals surface area contributed by atoms with Crippen molar-refractivity contribution in [2.45, 2.75) is 45.3 Å². The Hall–Kier alpha value is -1.10. The van der Waals surface area contributed by atoms with Gasteiger partial charge in [-0.05, 0) is 26.7 Å². The molecule has 0 bridgehead atoms. The van der Waals surface area contributed by atoms with Gasteiger partial charge in [0.05, 0.1) is 11.5 Å². The van der Waals surface area contributed by atoms with Gasteiger partial charge in [-0.15, -0.1) is 0 Å². The summed E-state index contributed by atoms with van der Waals surface area (Å²) in [7, 11) is 0. The van der Waals surface area contributed by atoms with Crippen molar-refractivity contribution in [2.24, 2.45) is 5.92 Å². The maximum atomic E-state index is 11.8. The van der Waals surface area contributed by atoms with Crippen molar-refractivity contribution in [3.8, 4) is 0 Å². The SMILES string of the molecule is CC1CN(C2CCOC(C)(C)C2)C(=O)NC1=O. The molecule has 5 nitrogen and oxygen atoms in total. The standard InChI is InChI=1S/C12H20N2O3/c1-8-7-14(11(16)13-10(8)15)9-4-5-17-12(2,3)6-9/h8-9H,4-7H2,1-3H3,(H,13,15,16). The number of urea groups is 1. The first-order chi connectivity index (χ1) is 7.89. The van der Waals surface area contributed by atoms with Gasteiger partial charge >= 0.3 is 6.03 Å². The molecule has 0 aliphatic carbocycles. The number of nitrogens with one attached hydrogen (secondary N) is 1. The molecule has 0 aromatic rings.